The van der Waals surface area contributed by atoms with Crippen molar-refractivity contribution in [1.29, 1.82) is 0 Å². The monoisotopic (exact) mass is 562 g/mol. The molecular formula is C29H43BO10. The molecule has 1 aromatic carbocycles. The van der Waals surface area contributed by atoms with Gasteiger partial charge in [-0.3, -0.25) is 0 Å². The molecule has 1 aromatic rings. The van der Waals surface area contributed by atoms with E-state index in [4.69, 9.17) is 33.0 Å². The molecular weight excluding hydrogens is 519 g/mol. The van der Waals surface area contributed by atoms with E-state index in [1.54, 1.807) is 74.4 Å². The van der Waals surface area contributed by atoms with Crippen LogP contribution in [0, 0.1) is 0 Å². The molecule has 1 fully saturated rings. The van der Waals surface area contributed by atoms with Crippen LogP contribution >= 0.6 is 0 Å². The van der Waals surface area contributed by atoms with Crippen molar-refractivity contribution in [3.05, 3.63) is 29.2 Å². The summed E-state index contributed by atoms with van der Waals surface area (Å²) in [5.41, 5.74) is -3.84. The van der Waals surface area contributed by atoms with Crippen LogP contribution in [0.1, 0.15) is 106 Å². The highest BCUT2D eigenvalue weighted by molar-refractivity contribution is 6.52. The van der Waals surface area contributed by atoms with E-state index in [0.717, 1.165) is 0 Å². The Morgan fingerprint density at radius 1 is 0.725 bits per heavy atom. The van der Waals surface area contributed by atoms with Crippen molar-refractivity contribution in [2.45, 2.75) is 118 Å². The molecule has 40 heavy (non-hydrogen) atoms. The van der Waals surface area contributed by atoms with Crippen molar-refractivity contribution < 1.29 is 47.4 Å². The molecule has 1 saturated heterocycles. The summed E-state index contributed by atoms with van der Waals surface area (Å²) < 4.78 is 39.2. The van der Waals surface area contributed by atoms with Crippen LogP contribution in [0.15, 0.2) is 18.1 Å². The molecule has 0 N–H and O–H groups in total. The van der Waals surface area contributed by atoms with Gasteiger partial charge in [0.05, 0.1) is 11.2 Å². The molecule has 0 saturated carbocycles. The van der Waals surface area contributed by atoms with Crippen LogP contribution in [-0.2, 0) is 23.5 Å². The zero-order valence-corrected chi connectivity index (χ0v) is 26.0. The Balaban J connectivity index is 2.66. The number of rotatable bonds is 5. The van der Waals surface area contributed by atoms with Crippen molar-refractivity contribution >= 4 is 31.5 Å². The first kappa shape index (κ1) is 33.2. The third kappa shape index (κ3) is 9.55. The van der Waals surface area contributed by atoms with Gasteiger partial charge in [0.15, 0.2) is 11.5 Å². The minimum absolute atomic E-state index is 0.227. The van der Waals surface area contributed by atoms with E-state index in [1.807, 2.05) is 27.7 Å². The van der Waals surface area contributed by atoms with E-state index in [2.05, 4.69) is 0 Å². The molecule has 1 aliphatic rings. The van der Waals surface area contributed by atoms with Gasteiger partial charge in [-0.1, -0.05) is 12.1 Å². The summed E-state index contributed by atoms with van der Waals surface area (Å²) in [4.78, 5) is 38.8. The Kier molecular flexibility index (Phi) is 9.49. The van der Waals surface area contributed by atoms with Gasteiger partial charge < -0.3 is 33.0 Å². The largest absolute Gasteiger partial charge is 0.514 e. The van der Waals surface area contributed by atoms with E-state index in [0.29, 0.717) is 0 Å². The first-order valence-corrected chi connectivity index (χ1v) is 13.1. The number of benzene rings is 1. The third-order valence-corrected chi connectivity index (χ3v) is 5.62. The topological polar surface area (TPSA) is 116 Å². The lowest BCUT2D eigenvalue weighted by Gasteiger charge is -2.32. The van der Waals surface area contributed by atoms with Gasteiger partial charge in [-0.25, -0.2) is 14.4 Å². The molecule has 11 heteroatoms. The molecule has 0 amide bonds. The Hall–Kier alpha value is -3.05. The van der Waals surface area contributed by atoms with Crippen molar-refractivity contribution in [2.75, 3.05) is 0 Å². The number of carbonyl (C=O) groups is 3. The van der Waals surface area contributed by atoms with Crippen LogP contribution in [0.3, 0.4) is 0 Å². The van der Waals surface area contributed by atoms with Gasteiger partial charge >= 0.3 is 25.4 Å². The van der Waals surface area contributed by atoms with Crippen molar-refractivity contribution in [1.82, 2.24) is 0 Å². The Bertz CT molecular complexity index is 1130. The highest BCUT2D eigenvalue weighted by atomic mass is 16.7. The van der Waals surface area contributed by atoms with Gasteiger partial charge in [0.2, 0.25) is 0 Å². The predicted molar refractivity (Wildman–Crippen MR) is 150 cm³/mol. The normalized spacial score (nSPS) is 17.0. The summed E-state index contributed by atoms with van der Waals surface area (Å²) in [5.74, 6) is 0.267. The predicted octanol–water partition coefficient (Wildman–Crippen LogP) is 6.91. The van der Waals surface area contributed by atoms with Crippen LogP contribution in [0.5, 0.6) is 11.5 Å². The van der Waals surface area contributed by atoms with Gasteiger partial charge in [-0.15, -0.1) is 0 Å². The fourth-order valence-electron chi connectivity index (χ4n) is 3.29. The molecule has 0 unspecified atom stereocenters. The fourth-order valence-corrected chi connectivity index (χ4v) is 3.29. The average molecular weight is 562 g/mol. The smallest absolute Gasteiger partial charge is 0.456 e. The Morgan fingerprint density at radius 2 is 1.18 bits per heavy atom. The van der Waals surface area contributed by atoms with E-state index in [1.165, 1.54) is 12.1 Å². The molecule has 1 heterocycles. The molecule has 0 aliphatic carbocycles. The van der Waals surface area contributed by atoms with Gasteiger partial charge in [0.25, 0.3) is 0 Å². The van der Waals surface area contributed by atoms with Crippen LogP contribution < -0.4 is 9.47 Å². The van der Waals surface area contributed by atoms with Crippen molar-refractivity contribution in [3.8, 4) is 11.5 Å². The number of ether oxygens (including phenoxy) is 5. The summed E-state index contributed by atoms with van der Waals surface area (Å²) in [6, 6.07) is 2.89. The van der Waals surface area contributed by atoms with E-state index >= 15 is 0 Å². The van der Waals surface area contributed by atoms with Gasteiger partial charge in [0.1, 0.15) is 22.4 Å². The second-order valence-electron chi connectivity index (χ2n) is 13.5. The molecule has 1 aliphatic heterocycles. The molecule has 0 radical (unpaired) electrons. The maximum absolute atomic E-state index is 13.5. The minimum Gasteiger partial charge on any atom is -0.456 e. The van der Waals surface area contributed by atoms with Crippen LogP contribution in [0.25, 0.3) is 6.08 Å². The van der Waals surface area contributed by atoms with Gasteiger partial charge in [0, 0.05) is 5.56 Å². The zero-order chi connectivity index (χ0) is 30.9. The first-order valence-electron chi connectivity index (χ1n) is 13.1. The van der Waals surface area contributed by atoms with Crippen LogP contribution in [0.2, 0.25) is 0 Å². The lowest BCUT2D eigenvalue weighted by Crippen LogP contribution is -2.41. The maximum atomic E-state index is 13.5. The number of carbonyl (C=O) groups excluding carboxylic acids is 3. The van der Waals surface area contributed by atoms with Gasteiger partial charge in [-0.05, 0) is 102 Å². The van der Waals surface area contributed by atoms with E-state index < -0.39 is 53.4 Å². The second kappa shape index (κ2) is 11.4. The minimum atomic E-state index is -1.07. The van der Waals surface area contributed by atoms with Crippen molar-refractivity contribution in [3.63, 3.8) is 0 Å². The summed E-state index contributed by atoms with van der Waals surface area (Å²) in [6.45, 7) is 22.7. The van der Waals surface area contributed by atoms with E-state index in [9.17, 15) is 14.4 Å². The Morgan fingerprint density at radius 3 is 1.62 bits per heavy atom. The highest BCUT2D eigenvalue weighted by Gasteiger charge is 2.50. The lowest BCUT2D eigenvalue weighted by atomic mass is 9.88. The molecule has 0 spiro atoms. The second-order valence-corrected chi connectivity index (χ2v) is 13.5. The first-order chi connectivity index (χ1) is 17.9. The summed E-state index contributed by atoms with van der Waals surface area (Å²) >= 11 is 0. The Labute approximate surface area is 237 Å². The van der Waals surface area contributed by atoms with Gasteiger partial charge in [-0.2, -0.15) is 0 Å². The molecule has 222 valence electrons. The number of hydrogen-bond donors (Lipinski definition) is 0. The molecule has 0 aromatic heterocycles. The fraction of sp³-hybridized carbons (Fsp3) is 0.621. The SMILES string of the molecule is CC(C)(C)OC(=O)Oc1ccc(/C=C/B2OC(C)(C)C(C)(C)O2)c(OC(=O)OC(C)(C)C)c1C(=O)OC(C)(C)C. The summed E-state index contributed by atoms with van der Waals surface area (Å²) in [5, 5.41) is 0. The lowest BCUT2D eigenvalue weighted by molar-refractivity contribution is 0.00526. The molecule has 0 bridgehead atoms. The summed E-state index contributed by atoms with van der Waals surface area (Å²) in [7, 11) is -0.720. The quantitative estimate of drug-likeness (QED) is 0.162. The molecule has 2 rings (SSSR count). The van der Waals surface area contributed by atoms with Crippen LogP contribution in [-0.4, -0.2) is 53.4 Å². The summed E-state index contributed by atoms with van der Waals surface area (Å²) in [6.07, 6.45) is -0.550. The van der Waals surface area contributed by atoms with Crippen LogP contribution in [0.4, 0.5) is 9.59 Å². The number of hydrogen-bond acceptors (Lipinski definition) is 10. The molecule has 10 nitrogen and oxygen atoms in total. The standard InChI is InChI=1S/C29H43BO10/c1-25(2,3)36-22(31)20-19(34-23(32)37-26(4,5)6)15-14-18(21(20)35-24(33)38-27(7,8)9)16-17-30-39-28(10,11)29(12,13)40-30/h14-17H,1-13H3/b17-16+. The van der Waals surface area contributed by atoms with Crippen molar-refractivity contribution in [2.24, 2.45) is 0 Å². The van der Waals surface area contributed by atoms with E-state index in [-0.39, 0.29) is 22.6 Å². The maximum Gasteiger partial charge on any atom is 0.514 e. The number of esters is 1. The molecule has 0 atom stereocenters. The average Bonchev–Trinajstić information content (AvgIpc) is 2.89. The third-order valence-electron chi connectivity index (χ3n) is 5.62. The zero-order valence-electron chi connectivity index (χ0n) is 26.0. The highest BCUT2D eigenvalue weighted by Crippen LogP contribution is 2.39.